The highest BCUT2D eigenvalue weighted by Crippen LogP contribution is 2.31. The van der Waals surface area contributed by atoms with Crippen LogP contribution in [0, 0.1) is 0 Å². The molecule has 1 aromatic carbocycles. The zero-order chi connectivity index (χ0) is 16.0. The largest absolute Gasteiger partial charge is 0.480 e. The Bertz CT molecular complexity index is 514. The molecule has 0 bridgehead atoms. The van der Waals surface area contributed by atoms with Gasteiger partial charge in [-0.25, -0.2) is 0 Å². The molecule has 0 aliphatic heterocycles. The van der Waals surface area contributed by atoms with E-state index >= 15 is 0 Å². The first kappa shape index (κ1) is 17.4. The molecular weight excluding hydrogens is 302 g/mol. The van der Waals surface area contributed by atoms with E-state index in [-0.39, 0.29) is 17.1 Å². The number of alkyl halides is 2. The third-order valence-corrected chi connectivity index (χ3v) is 3.58. The average molecular weight is 318 g/mol. The summed E-state index contributed by atoms with van der Waals surface area (Å²) in [5.74, 6) is -4.09. The number of para-hydroxylation sites is 1. The second-order valence-corrected chi connectivity index (χ2v) is 5.38. The average Bonchev–Trinajstić information content (AvgIpc) is 2.39. The van der Waals surface area contributed by atoms with Crippen LogP contribution in [-0.4, -0.2) is 47.3 Å². The SMILES string of the molecule is CC(C(=O)O)N(C)CC(=O)Nc1ccccc1SC(F)F. The van der Waals surface area contributed by atoms with Gasteiger partial charge in [-0.3, -0.25) is 14.5 Å². The monoisotopic (exact) mass is 318 g/mol. The number of likely N-dealkylation sites (N-methyl/N-ethyl adjacent to an activating group) is 1. The van der Waals surface area contributed by atoms with Crippen molar-refractivity contribution in [3.05, 3.63) is 24.3 Å². The normalized spacial score (nSPS) is 12.5. The summed E-state index contributed by atoms with van der Waals surface area (Å²) in [4.78, 5) is 24.2. The van der Waals surface area contributed by atoms with E-state index < -0.39 is 23.7 Å². The molecule has 0 heterocycles. The van der Waals surface area contributed by atoms with Gasteiger partial charge < -0.3 is 10.4 Å². The number of carboxylic acids is 1. The van der Waals surface area contributed by atoms with E-state index in [4.69, 9.17) is 5.11 Å². The van der Waals surface area contributed by atoms with Crippen molar-refractivity contribution in [2.75, 3.05) is 18.9 Å². The van der Waals surface area contributed by atoms with Crippen molar-refractivity contribution in [2.24, 2.45) is 0 Å². The molecule has 2 N–H and O–H groups in total. The van der Waals surface area contributed by atoms with Crippen LogP contribution < -0.4 is 5.32 Å². The van der Waals surface area contributed by atoms with Gasteiger partial charge in [-0.05, 0) is 26.1 Å². The molecule has 116 valence electrons. The molecule has 0 radical (unpaired) electrons. The fourth-order valence-corrected chi connectivity index (χ4v) is 2.11. The molecule has 0 saturated carbocycles. The number of hydrogen-bond donors (Lipinski definition) is 2. The number of aliphatic carboxylic acids is 1. The molecule has 0 spiro atoms. The molecule has 8 heteroatoms. The summed E-state index contributed by atoms with van der Waals surface area (Å²) in [6, 6.07) is 5.40. The molecule has 0 aromatic heterocycles. The highest BCUT2D eigenvalue weighted by atomic mass is 32.2. The molecule has 1 atom stereocenters. The van der Waals surface area contributed by atoms with Gasteiger partial charge in [0, 0.05) is 4.90 Å². The summed E-state index contributed by atoms with van der Waals surface area (Å²) in [6.07, 6.45) is 0. The standard InChI is InChI=1S/C13H16F2N2O3S/c1-8(12(19)20)17(2)7-11(18)16-9-5-3-4-6-10(9)21-13(14)15/h3-6,8,13H,7H2,1-2H3,(H,16,18)(H,19,20). The molecule has 0 aliphatic rings. The van der Waals surface area contributed by atoms with Crippen LogP contribution in [0.15, 0.2) is 29.2 Å². The summed E-state index contributed by atoms with van der Waals surface area (Å²) in [5, 5.41) is 11.4. The lowest BCUT2D eigenvalue weighted by Gasteiger charge is -2.20. The lowest BCUT2D eigenvalue weighted by atomic mass is 10.3. The molecule has 0 aliphatic carbocycles. The zero-order valence-corrected chi connectivity index (χ0v) is 12.4. The van der Waals surface area contributed by atoms with E-state index in [2.05, 4.69) is 5.32 Å². The molecular formula is C13H16F2N2O3S. The second kappa shape index (κ2) is 7.94. The smallest absolute Gasteiger partial charge is 0.320 e. The van der Waals surface area contributed by atoms with Crippen LogP contribution in [0.4, 0.5) is 14.5 Å². The Labute approximate surface area is 125 Å². The number of carboxylic acid groups (broad SMARTS) is 1. The molecule has 0 saturated heterocycles. The van der Waals surface area contributed by atoms with E-state index in [1.165, 1.54) is 31.0 Å². The Morgan fingerprint density at radius 1 is 1.38 bits per heavy atom. The van der Waals surface area contributed by atoms with Crippen LogP contribution in [0.1, 0.15) is 6.92 Å². The number of rotatable bonds is 7. The minimum Gasteiger partial charge on any atom is -0.480 e. The van der Waals surface area contributed by atoms with Gasteiger partial charge in [0.15, 0.2) is 0 Å². The number of amides is 1. The first-order chi connectivity index (χ1) is 9.81. The first-order valence-electron chi connectivity index (χ1n) is 6.08. The molecule has 5 nitrogen and oxygen atoms in total. The number of nitrogens with zero attached hydrogens (tertiary/aromatic N) is 1. The predicted molar refractivity (Wildman–Crippen MR) is 76.7 cm³/mol. The molecule has 21 heavy (non-hydrogen) atoms. The van der Waals surface area contributed by atoms with Crippen molar-refractivity contribution in [2.45, 2.75) is 23.6 Å². The van der Waals surface area contributed by atoms with E-state index in [0.29, 0.717) is 11.8 Å². The fourth-order valence-electron chi connectivity index (χ4n) is 1.51. The maximum atomic E-state index is 12.4. The Morgan fingerprint density at radius 2 is 2.00 bits per heavy atom. The van der Waals surface area contributed by atoms with Gasteiger partial charge in [-0.15, -0.1) is 0 Å². The quantitative estimate of drug-likeness (QED) is 0.755. The van der Waals surface area contributed by atoms with Crippen LogP contribution in [0.25, 0.3) is 0 Å². The fraction of sp³-hybridized carbons (Fsp3) is 0.385. The molecule has 1 rings (SSSR count). The number of carbonyl (C=O) groups is 2. The summed E-state index contributed by atoms with van der Waals surface area (Å²) in [5.41, 5.74) is 0.282. The highest BCUT2D eigenvalue weighted by Gasteiger charge is 2.19. The summed E-state index contributed by atoms with van der Waals surface area (Å²) >= 11 is 0.341. The number of anilines is 1. The number of benzene rings is 1. The maximum Gasteiger partial charge on any atom is 0.320 e. The first-order valence-corrected chi connectivity index (χ1v) is 6.96. The molecule has 0 fully saturated rings. The van der Waals surface area contributed by atoms with Gasteiger partial charge in [0.05, 0.1) is 12.2 Å². The summed E-state index contributed by atoms with van der Waals surface area (Å²) < 4.78 is 24.8. The van der Waals surface area contributed by atoms with Crippen molar-refractivity contribution >= 4 is 29.3 Å². The van der Waals surface area contributed by atoms with Gasteiger partial charge in [0.25, 0.3) is 5.76 Å². The Hall–Kier alpha value is -1.67. The van der Waals surface area contributed by atoms with Crippen LogP contribution in [0.2, 0.25) is 0 Å². The number of halogens is 2. The van der Waals surface area contributed by atoms with E-state index in [1.807, 2.05) is 0 Å². The number of hydrogen-bond acceptors (Lipinski definition) is 4. The number of nitrogens with one attached hydrogen (secondary N) is 1. The van der Waals surface area contributed by atoms with Gasteiger partial charge in [0.1, 0.15) is 6.04 Å². The molecule has 1 unspecified atom stereocenters. The third kappa shape index (κ3) is 5.68. The van der Waals surface area contributed by atoms with Crippen molar-refractivity contribution in [1.29, 1.82) is 0 Å². The van der Waals surface area contributed by atoms with E-state index in [1.54, 1.807) is 12.1 Å². The van der Waals surface area contributed by atoms with Gasteiger partial charge in [0.2, 0.25) is 5.91 Å². The van der Waals surface area contributed by atoms with Crippen LogP contribution in [-0.2, 0) is 9.59 Å². The third-order valence-electron chi connectivity index (χ3n) is 2.79. The van der Waals surface area contributed by atoms with Gasteiger partial charge in [-0.1, -0.05) is 23.9 Å². The Balaban J connectivity index is 2.69. The van der Waals surface area contributed by atoms with Gasteiger partial charge >= 0.3 is 5.97 Å². The predicted octanol–water partition coefficient (Wildman–Crippen LogP) is 2.34. The Kier molecular flexibility index (Phi) is 6.57. The highest BCUT2D eigenvalue weighted by molar-refractivity contribution is 7.99. The topological polar surface area (TPSA) is 69.6 Å². The number of thioether (sulfide) groups is 1. The zero-order valence-electron chi connectivity index (χ0n) is 11.5. The second-order valence-electron chi connectivity index (χ2n) is 4.35. The van der Waals surface area contributed by atoms with Crippen molar-refractivity contribution in [3.63, 3.8) is 0 Å². The molecule has 1 aromatic rings. The lowest BCUT2D eigenvalue weighted by molar-refractivity contribution is -0.142. The van der Waals surface area contributed by atoms with Crippen molar-refractivity contribution in [3.8, 4) is 0 Å². The molecule has 1 amide bonds. The Morgan fingerprint density at radius 3 is 2.57 bits per heavy atom. The van der Waals surface area contributed by atoms with Crippen molar-refractivity contribution < 1.29 is 23.5 Å². The van der Waals surface area contributed by atoms with Gasteiger partial charge in [-0.2, -0.15) is 8.78 Å². The van der Waals surface area contributed by atoms with E-state index in [0.717, 1.165) is 0 Å². The van der Waals surface area contributed by atoms with Crippen LogP contribution in [0.5, 0.6) is 0 Å². The van der Waals surface area contributed by atoms with Crippen LogP contribution in [0.3, 0.4) is 0 Å². The van der Waals surface area contributed by atoms with Crippen molar-refractivity contribution in [1.82, 2.24) is 4.90 Å². The minimum atomic E-state index is -2.59. The lowest BCUT2D eigenvalue weighted by Crippen LogP contribution is -2.40. The van der Waals surface area contributed by atoms with E-state index in [9.17, 15) is 18.4 Å². The maximum absolute atomic E-state index is 12.4. The van der Waals surface area contributed by atoms with Crippen LogP contribution >= 0.6 is 11.8 Å². The minimum absolute atomic E-state index is 0.152. The summed E-state index contributed by atoms with van der Waals surface area (Å²) in [7, 11) is 1.50. The number of carbonyl (C=O) groups excluding carboxylic acids is 1. The summed E-state index contributed by atoms with van der Waals surface area (Å²) in [6.45, 7) is 1.30.